The van der Waals surface area contributed by atoms with Gasteiger partial charge in [-0.25, -0.2) is 19.9 Å². The first-order valence-electron chi connectivity index (χ1n) is 45.8. The molecule has 0 atom stereocenters. The number of hydrogen-bond donors (Lipinski definition) is 0. The van der Waals surface area contributed by atoms with Gasteiger partial charge in [0.05, 0.1) is 22.3 Å². The first-order valence-corrected chi connectivity index (χ1v) is 45.8. The molecule has 0 N–H and O–H groups in total. The molecular formula is C123H98Ir4N12O4-8. The number of rotatable bonds is 9. The average molecular weight is 2580 g/mol. The molecule has 16 nitrogen and oxygen atoms in total. The molecular weight excluding hydrogens is 2480 g/mol. The molecule has 718 valence electrons. The molecule has 0 fully saturated rings. The summed E-state index contributed by atoms with van der Waals surface area (Å²) >= 11 is 0. The van der Waals surface area contributed by atoms with Crippen molar-refractivity contribution in [2.24, 2.45) is 0 Å². The molecule has 0 unspecified atom stereocenters. The molecule has 0 aliphatic rings. The molecule has 0 amide bonds. The van der Waals surface area contributed by atoms with Crippen LogP contribution in [0, 0.1) is 132 Å². The van der Waals surface area contributed by atoms with Crippen LogP contribution in [0.4, 0.5) is 0 Å². The Balaban J connectivity index is 0.000000138. The topological polar surface area (TPSA) is 207 Å². The van der Waals surface area contributed by atoms with Gasteiger partial charge in [0.2, 0.25) is 22.9 Å². The van der Waals surface area contributed by atoms with Crippen molar-refractivity contribution in [3.8, 4) is 90.1 Å². The molecule has 0 saturated carbocycles. The van der Waals surface area contributed by atoms with Crippen LogP contribution in [0.3, 0.4) is 0 Å². The van der Waals surface area contributed by atoms with E-state index in [1.54, 1.807) is 0 Å². The van der Waals surface area contributed by atoms with Gasteiger partial charge in [-0.2, -0.15) is 0 Å². The van der Waals surface area contributed by atoms with E-state index in [0.717, 1.165) is 189 Å². The van der Waals surface area contributed by atoms with Gasteiger partial charge >= 0.3 is 0 Å². The minimum absolute atomic E-state index is 0. The number of benzene rings is 8. The van der Waals surface area contributed by atoms with Crippen molar-refractivity contribution in [2.75, 3.05) is 0 Å². The first-order chi connectivity index (χ1) is 67.6. The predicted octanol–water partition coefficient (Wildman–Crippen LogP) is 30.4. The third-order valence-corrected chi connectivity index (χ3v) is 23.0. The van der Waals surface area contributed by atoms with Gasteiger partial charge in [0.15, 0.2) is 0 Å². The molecule has 0 bridgehead atoms. The summed E-state index contributed by atoms with van der Waals surface area (Å²) in [5, 5.41) is 8.31. The summed E-state index contributed by atoms with van der Waals surface area (Å²) in [5.74, 6) is 0.467. The van der Waals surface area contributed by atoms with E-state index in [2.05, 4.69) is 204 Å². The van der Waals surface area contributed by atoms with E-state index in [4.69, 9.17) is 17.7 Å². The summed E-state index contributed by atoms with van der Waals surface area (Å²) in [6, 6.07) is 120. The van der Waals surface area contributed by atoms with Crippen LogP contribution in [0.5, 0.6) is 0 Å². The molecule has 0 aliphatic carbocycles. The summed E-state index contributed by atoms with van der Waals surface area (Å²) < 4.78 is 24.0. The Kier molecular flexibility index (Phi) is 36.7. The van der Waals surface area contributed by atoms with Crippen LogP contribution < -0.4 is 0 Å². The molecule has 16 heterocycles. The number of nitrogens with zero attached hydrogens (tertiary/aromatic N) is 12. The molecule has 16 aromatic heterocycles. The van der Waals surface area contributed by atoms with Crippen LogP contribution in [-0.4, -0.2) is 59.8 Å². The smallest absolute Gasteiger partial charge is 0.216 e. The number of hydrogen-bond acceptors (Lipinski definition) is 16. The molecule has 0 saturated heterocycles. The molecule has 143 heavy (non-hydrogen) atoms. The third kappa shape index (κ3) is 26.2. The fourth-order valence-corrected chi connectivity index (χ4v) is 15.3. The van der Waals surface area contributed by atoms with Gasteiger partial charge in [-0.1, -0.05) is 154 Å². The minimum Gasteiger partial charge on any atom is -0.486 e. The van der Waals surface area contributed by atoms with Crippen LogP contribution in [-0.2, 0) is 80.4 Å². The summed E-state index contributed by atoms with van der Waals surface area (Å²) in [4.78, 5) is 53.2. The Morgan fingerprint density at radius 2 is 0.497 bits per heavy atom. The Morgan fingerprint density at radius 1 is 0.217 bits per heavy atom. The third-order valence-electron chi connectivity index (χ3n) is 23.0. The first kappa shape index (κ1) is 106. The number of pyridine rings is 12. The van der Waals surface area contributed by atoms with Crippen LogP contribution in [0.1, 0.15) is 92.6 Å². The molecule has 24 rings (SSSR count). The monoisotopic (exact) mass is 2580 g/mol. The maximum absolute atomic E-state index is 6.01. The standard InChI is InChI=1S/C20H17N2O.C19H15N2O.2C18H13N2O.4C12H10N.4Ir/c1-12(2)14-8-10-18(21-11-14)17-6-4-5-15-16-9-7-13(3)22-20(16)23-19(15)17;1-11-9-17(20-10-12(11)2)16-6-4-5-14-15-8-7-13(3)21-19(15)22-18(14)16;1-11-6-9-16(19-10-11)15-5-3-4-13-14-8-7-12(2)20-18(14)21-17(13)15;1-11-8-9-19-16(10-11)15-5-3-4-13-14-7-6-12(2)20-18(14)21-17(13)15;4*1-10-7-8-12(13-9-10)11-5-3-2-4-6-11;;;;/h4-5,7-12H,1-3H3;4-5,7-10H,1-3H3;2*3-4,6-10H,1-2H3;4*2-5,7-9H,1H3;;;;/q8*-1;;;;. The Labute approximate surface area is 887 Å². The zero-order valence-corrected chi connectivity index (χ0v) is 90.7. The van der Waals surface area contributed by atoms with E-state index in [-0.39, 0.29) is 80.4 Å². The van der Waals surface area contributed by atoms with Crippen LogP contribution in [0.2, 0.25) is 0 Å². The van der Waals surface area contributed by atoms with E-state index in [0.29, 0.717) is 28.8 Å². The van der Waals surface area contributed by atoms with Crippen LogP contribution >= 0.6 is 0 Å². The average Bonchev–Trinajstić information content (AvgIpc) is 1.67. The van der Waals surface area contributed by atoms with E-state index in [1.807, 2.05) is 336 Å². The van der Waals surface area contributed by atoms with Crippen molar-refractivity contribution in [3.63, 3.8) is 0 Å². The summed E-state index contributed by atoms with van der Waals surface area (Å²) in [5.41, 5.74) is 35.4. The van der Waals surface area contributed by atoms with Gasteiger partial charge in [0.25, 0.3) is 0 Å². The summed E-state index contributed by atoms with van der Waals surface area (Å²) in [7, 11) is 0. The van der Waals surface area contributed by atoms with Gasteiger partial charge in [-0.05, 0) is 228 Å². The van der Waals surface area contributed by atoms with E-state index in [9.17, 15) is 0 Å². The largest absolute Gasteiger partial charge is 0.486 e. The van der Waals surface area contributed by atoms with Crippen molar-refractivity contribution in [2.45, 2.75) is 103 Å². The fraction of sp³-hybridized carbons (Fsp3) is 0.122. The normalized spacial score (nSPS) is 10.6. The molecule has 0 spiro atoms. The Morgan fingerprint density at radius 3 is 0.755 bits per heavy atom. The van der Waals surface area contributed by atoms with Crippen molar-refractivity contribution in [1.82, 2.24) is 59.8 Å². The number of fused-ring (bicyclic) bond motifs is 12. The number of aryl methyl sites for hydroxylation is 12. The Bertz CT molecular complexity index is 8000. The molecule has 0 aliphatic heterocycles. The number of furan rings is 4. The van der Waals surface area contributed by atoms with E-state index < -0.39 is 0 Å². The quantitative estimate of drug-likeness (QED) is 0.123. The second-order valence-corrected chi connectivity index (χ2v) is 34.2. The Hall–Kier alpha value is -14.6. The zero-order valence-electron chi connectivity index (χ0n) is 81.2. The molecule has 8 aromatic carbocycles. The SMILES string of the molecule is Cc1ccc(-c2[c-]ccc3c2oc2nc(C)ccc23)nc1.Cc1ccc(-c2[c-]cccc2)nc1.Cc1ccc(-c2[c-]cccc2)nc1.Cc1ccc(-c2[c-]cccc2)nc1.Cc1ccc(-c2[c-]cccc2)nc1.Cc1ccc2c(n1)oc1c(-c3cc(C)c(C)cn3)[c-]ccc12.Cc1ccc2c(n1)oc1c(-c3ccc(C(C)C)cn3)[c-]ccc12.Cc1ccnc(-c2[c-]ccc3c2oc2nc(C)ccc23)c1.[Ir].[Ir].[Ir].[Ir]. The van der Waals surface area contributed by atoms with Gasteiger partial charge in [0.1, 0.15) is 0 Å². The second kappa shape index (κ2) is 49.7. The second-order valence-electron chi connectivity index (χ2n) is 34.2. The maximum atomic E-state index is 6.01. The molecule has 24 aromatic rings. The van der Waals surface area contributed by atoms with Crippen molar-refractivity contribution < 1.29 is 98.1 Å². The van der Waals surface area contributed by atoms with Crippen LogP contribution in [0.15, 0.2) is 352 Å². The van der Waals surface area contributed by atoms with Crippen molar-refractivity contribution >= 4 is 88.3 Å². The minimum atomic E-state index is 0. The summed E-state index contributed by atoms with van der Waals surface area (Å²) in [6.07, 6.45) is 15.0. The number of aromatic nitrogens is 12. The summed E-state index contributed by atoms with van der Waals surface area (Å²) in [6.45, 7) is 28.5. The van der Waals surface area contributed by atoms with Gasteiger partial charge in [-0.3, -0.25) is 0 Å². The van der Waals surface area contributed by atoms with Gasteiger partial charge < -0.3 is 57.5 Å². The van der Waals surface area contributed by atoms with Crippen molar-refractivity contribution in [3.05, 3.63) is 456 Å². The van der Waals surface area contributed by atoms with E-state index in [1.165, 1.54) is 38.9 Å². The fourth-order valence-electron chi connectivity index (χ4n) is 15.3. The van der Waals surface area contributed by atoms with Gasteiger partial charge in [0, 0.05) is 174 Å². The zero-order chi connectivity index (χ0) is 96.4. The van der Waals surface area contributed by atoms with Gasteiger partial charge in [-0.15, -0.1) is 216 Å². The predicted molar refractivity (Wildman–Crippen MR) is 559 cm³/mol. The maximum Gasteiger partial charge on any atom is 0.216 e. The van der Waals surface area contributed by atoms with E-state index >= 15 is 0 Å². The molecule has 4 radical (unpaired) electrons. The van der Waals surface area contributed by atoms with Crippen LogP contribution in [0.25, 0.3) is 178 Å². The molecule has 20 heteroatoms. The van der Waals surface area contributed by atoms with Crippen molar-refractivity contribution in [1.29, 1.82) is 0 Å².